The van der Waals surface area contributed by atoms with Crippen molar-refractivity contribution in [3.8, 4) is 35.4 Å². The minimum absolute atomic E-state index is 0.0227. The van der Waals surface area contributed by atoms with Crippen molar-refractivity contribution in [1.82, 2.24) is 25.2 Å². The topological polar surface area (TPSA) is 113 Å². The van der Waals surface area contributed by atoms with Crippen LogP contribution in [0.2, 0.25) is 0 Å². The van der Waals surface area contributed by atoms with Crippen LogP contribution in [0.4, 0.5) is 14.6 Å². The Bertz CT molecular complexity index is 1860. The summed E-state index contributed by atoms with van der Waals surface area (Å²) in [6.07, 6.45) is 11.4. The number of halogens is 2. The summed E-state index contributed by atoms with van der Waals surface area (Å²) < 4.78 is 43.4. The first-order valence-corrected chi connectivity index (χ1v) is 15.1. The molecule has 2 N–H and O–H groups in total. The molecule has 0 radical (unpaired) electrons. The van der Waals surface area contributed by atoms with Crippen LogP contribution in [-0.4, -0.2) is 89.5 Å². The Morgan fingerprint density at radius 1 is 1.28 bits per heavy atom. The number of pyridine rings is 1. The molecule has 0 aliphatic carbocycles. The zero-order valence-corrected chi connectivity index (χ0v) is 25.4. The first-order chi connectivity index (χ1) is 22.3. The fraction of sp³-hybridized carbons (Fsp3) is 0.353. The highest BCUT2D eigenvalue weighted by atomic mass is 19.1. The third-order valence-electron chi connectivity index (χ3n) is 8.52. The maximum atomic E-state index is 16.8. The van der Waals surface area contributed by atoms with Crippen LogP contribution in [0.15, 0.2) is 43.1 Å². The van der Waals surface area contributed by atoms with Crippen molar-refractivity contribution in [1.29, 1.82) is 0 Å². The first kappa shape index (κ1) is 31.1. The Labute approximate surface area is 265 Å². The summed E-state index contributed by atoms with van der Waals surface area (Å²) in [5.41, 5.74) is -0.207. The third-order valence-corrected chi connectivity index (χ3v) is 8.52. The summed E-state index contributed by atoms with van der Waals surface area (Å²) in [4.78, 5) is 29.9. The molecule has 0 saturated carbocycles. The molecule has 0 bridgehead atoms. The number of terminal acetylenes is 1. The van der Waals surface area contributed by atoms with Gasteiger partial charge in [0.15, 0.2) is 5.82 Å². The van der Waals surface area contributed by atoms with Crippen LogP contribution in [0.25, 0.3) is 32.9 Å². The van der Waals surface area contributed by atoms with Crippen LogP contribution in [0.5, 0.6) is 11.8 Å². The number of rotatable bonds is 7. The van der Waals surface area contributed by atoms with Gasteiger partial charge in [-0.1, -0.05) is 25.0 Å². The number of carbonyl (C=O) groups is 1. The quantitative estimate of drug-likeness (QED) is 0.230. The number of piperidine rings is 1. The van der Waals surface area contributed by atoms with Gasteiger partial charge >= 0.3 is 6.01 Å². The van der Waals surface area contributed by atoms with Crippen molar-refractivity contribution in [3.63, 3.8) is 0 Å². The van der Waals surface area contributed by atoms with Crippen molar-refractivity contribution < 1.29 is 28.2 Å². The van der Waals surface area contributed by atoms with E-state index in [1.54, 1.807) is 0 Å². The lowest BCUT2D eigenvalue weighted by molar-refractivity contribution is -0.117. The summed E-state index contributed by atoms with van der Waals surface area (Å²) in [7, 11) is 2.04. The molecule has 12 heteroatoms. The van der Waals surface area contributed by atoms with E-state index in [0.29, 0.717) is 42.9 Å². The number of amides is 1. The molecule has 10 nitrogen and oxygen atoms in total. The Morgan fingerprint density at radius 2 is 2.13 bits per heavy atom. The van der Waals surface area contributed by atoms with Gasteiger partial charge in [0.05, 0.1) is 30.2 Å². The molecule has 2 aliphatic rings. The second-order valence-electron chi connectivity index (χ2n) is 11.5. The van der Waals surface area contributed by atoms with Crippen LogP contribution in [0, 0.1) is 24.0 Å². The molecule has 2 aliphatic heterocycles. The number of ether oxygens (including phenoxy) is 2. The van der Waals surface area contributed by atoms with Gasteiger partial charge in [-0.15, -0.1) is 6.42 Å². The van der Waals surface area contributed by atoms with Gasteiger partial charge in [0, 0.05) is 36.3 Å². The van der Waals surface area contributed by atoms with Gasteiger partial charge in [-0.2, -0.15) is 9.97 Å². The Balaban J connectivity index is 1.50. The van der Waals surface area contributed by atoms with Crippen molar-refractivity contribution in [3.05, 3.63) is 60.3 Å². The van der Waals surface area contributed by atoms with Gasteiger partial charge in [0.1, 0.15) is 35.2 Å². The van der Waals surface area contributed by atoms with E-state index in [9.17, 15) is 14.3 Å². The number of likely N-dealkylation sites (tertiary alicyclic amines) is 1. The number of carbonyl (C=O) groups excluding carboxylic acids is 1. The van der Waals surface area contributed by atoms with Gasteiger partial charge in [-0.05, 0) is 56.1 Å². The van der Waals surface area contributed by atoms with Gasteiger partial charge in [0.25, 0.3) is 0 Å². The summed E-state index contributed by atoms with van der Waals surface area (Å²) in [6.45, 7) is 6.08. The number of likely N-dealkylation sites (N-methyl/N-ethyl adjacent to an activating group) is 1. The van der Waals surface area contributed by atoms with E-state index < -0.39 is 17.7 Å². The van der Waals surface area contributed by atoms with Crippen molar-refractivity contribution in [2.75, 3.05) is 51.4 Å². The van der Waals surface area contributed by atoms with E-state index in [-0.39, 0.29) is 58.0 Å². The van der Waals surface area contributed by atoms with E-state index >= 15 is 4.39 Å². The molecular weight excluding hydrogens is 594 g/mol. The smallest absolute Gasteiger partial charge is 0.319 e. The third kappa shape index (κ3) is 6.16. The maximum absolute atomic E-state index is 16.8. The van der Waals surface area contributed by atoms with Crippen LogP contribution >= 0.6 is 0 Å². The van der Waals surface area contributed by atoms with E-state index in [2.05, 4.69) is 32.7 Å². The summed E-state index contributed by atoms with van der Waals surface area (Å²) >= 11 is 0. The van der Waals surface area contributed by atoms with E-state index in [1.165, 1.54) is 36.5 Å². The standard InChI is InChI=1S/C34H34F2N6O4/c1-4-24-27(35)10-9-20-14-23(43)15-25(29(20)24)31-30(36)32-26(16-37-31)33(42-12-13-45-18-21(17-42)38-28(44)5-2)40-34(39-32)46-19-22-8-6-7-11-41(22)3/h1,5,9-10,14-16,21-22,43H,2,6-8,11-13,17-19H2,3H3,(H,38,44)/t21?,22-/m1/s1. The molecule has 4 heterocycles. The number of benzene rings is 2. The van der Waals surface area contributed by atoms with E-state index in [4.69, 9.17) is 20.9 Å². The minimum Gasteiger partial charge on any atom is -0.508 e. The number of aromatic nitrogens is 3. The molecular formula is C34H34F2N6O4. The number of phenols is 1. The summed E-state index contributed by atoms with van der Waals surface area (Å²) in [5.74, 6) is 0.725. The predicted octanol–water partition coefficient (Wildman–Crippen LogP) is 4.18. The lowest BCUT2D eigenvalue weighted by atomic mass is 9.96. The fourth-order valence-corrected chi connectivity index (χ4v) is 6.14. The number of nitrogens with zero attached hydrogens (tertiary/aromatic N) is 5. The molecule has 2 aromatic heterocycles. The molecule has 2 aromatic carbocycles. The van der Waals surface area contributed by atoms with Gasteiger partial charge in [-0.3, -0.25) is 9.78 Å². The normalized spacial score (nSPS) is 19.0. The molecule has 2 atom stereocenters. The van der Waals surface area contributed by atoms with Gasteiger partial charge < -0.3 is 29.7 Å². The largest absolute Gasteiger partial charge is 0.508 e. The lowest BCUT2D eigenvalue weighted by Crippen LogP contribution is -2.44. The summed E-state index contributed by atoms with van der Waals surface area (Å²) in [6, 6.07) is 5.12. The highest BCUT2D eigenvalue weighted by molar-refractivity contribution is 6.03. The number of hydrogen-bond donors (Lipinski definition) is 2. The SMILES string of the molecule is C#Cc1c(F)ccc2cc(O)cc(-c3ncc4c(N5CCOCC(NC(=O)C=C)C5)nc(OC[C@H]5CCCCN5C)nc4c3F)c12. The predicted molar refractivity (Wildman–Crippen MR) is 171 cm³/mol. The zero-order valence-electron chi connectivity index (χ0n) is 25.4. The second kappa shape index (κ2) is 13.2. The molecule has 0 spiro atoms. The van der Waals surface area contributed by atoms with E-state index in [1.807, 2.05) is 11.9 Å². The van der Waals surface area contributed by atoms with Crippen LogP contribution in [0.1, 0.15) is 24.8 Å². The number of hydrogen-bond acceptors (Lipinski definition) is 9. The average molecular weight is 629 g/mol. The number of anilines is 1. The molecule has 4 aromatic rings. The molecule has 6 rings (SSSR count). The highest BCUT2D eigenvalue weighted by Crippen LogP contribution is 2.38. The maximum Gasteiger partial charge on any atom is 0.319 e. The number of nitrogens with one attached hydrogen (secondary N) is 1. The van der Waals surface area contributed by atoms with E-state index in [0.717, 1.165) is 25.8 Å². The Kier molecular flexibility index (Phi) is 8.96. The zero-order chi connectivity index (χ0) is 32.4. The van der Waals surface area contributed by atoms with Gasteiger partial charge in [-0.25, -0.2) is 8.78 Å². The lowest BCUT2D eigenvalue weighted by Gasteiger charge is -2.32. The van der Waals surface area contributed by atoms with Crippen molar-refractivity contribution >= 4 is 33.4 Å². The number of fused-ring (bicyclic) bond motifs is 2. The summed E-state index contributed by atoms with van der Waals surface area (Å²) in [5, 5.41) is 14.3. The molecule has 1 amide bonds. The Morgan fingerprint density at radius 3 is 2.91 bits per heavy atom. The number of phenolic OH excluding ortho intramolecular Hbond substituents is 1. The molecule has 2 fully saturated rings. The molecule has 238 valence electrons. The van der Waals surface area contributed by atoms with Crippen LogP contribution < -0.4 is 15.0 Å². The number of aromatic hydroxyl groups is 1. The molecule has 1 unspecified atom stereocenters. The Hall–Kier alpha value is -4.86. The first-order valence-electron chi connectivity index (χ1n) is 15.1. The van der Waals surface area contributed by atoms with Gasteiger partial charge in [0.2, 0.25) is 5.91 Å². The minimum atomic E-state index is -0.817. The highest BCUT2D eigenvalue weighted by Gasteiger charge is 2.27. The van der Waals surface area contributed by atoms with Crippen LogP contribution in [0.3, 0.4) is 0 Å². The van der Waals surface area contributed by atoms with Crippen LogP contribution in [-0.2, 0) is 9.53 Å². The van der Waals surface area contributed by atoms with Crippen molar-refractivity contribution in [2.24, 2.45) is 0 Å². The average Bonchev–Trinajstić information content (AvgIpc) is 3.29. The monoisotopic (exact) mass is 628 g/mol. The second-order valence-corrected chi connectivity index (χ2v) is 11.5. The molecule has 46 heavy (non-hydrogen) atoms. The molecule has 2 saturated heterocycles. The fourth-order valence-electron chi connectivity index (χ4n) is 6.14. The van der Waals surface area contributed by atoms with Crippen molar-refractivity contribution in [2.45, 2.75) is 31.3 Å².